The highest BCUT2D eigenvalue weighted by atomic mass is 32.2. The minimum absolute atomic E-state index is 0.000334. The third kappa shape index (κ3) is 8.21. The zero-order valence-corrected chi connectivity index (χ0v) is 25.7. The van der Waals surface area contributed by atoms with Gasteiger partial charge in [-0.2, -0.15) is 4.98 Å². The molecule has 5 heterocycles. The number of aromatic nitrogens is 4. The number of hydrogen-bond donors (Lipinski definition) is 2. The van der Waals surface area contributed by atoms with Crippen LogP contribution in [0.1, 0.15) is 50.5 Å². The molecule has 1 saturated carbocycles. The van der Waals surface area contributed by atoms with Gasteiger partial charge in [-0.3, -0.25) is 14.6 Å². The molecular weight excluding hydrogens is 568 g/mol. The molecule has 2 saturated heterocycles. The third-order valence-electron chi connectivity index (χ3n) is 8.43. The Morgan fingerprint density at radius 3 is 2.42 bits per heavy atom. The Balaban J connectivity index is 1.08. The zero-order chi connectivity index (χ0) is 29.6. The molecule has 3 fully saturated rings. The van der Waals surface area contributed by atoms with Crippen molar-refractivity contribution in [3.63, 3.8) is 0 Å². The summed E-state index contributed by atoms with van der Waals surface area (Å²) in [5.74, 6) is 2.04. The standard InChI is InChI=1S/C30H42N8O4S/c1-43(39,40)36-24-17-26-27(31-21-24)18-28(38-10-3-2-4-11-38)35-29(26)42-25-7-5-23(6-8-25)34-30-32-19-22(20-33-30)9-12-37-13-15-41-16-14-37/h17-21,23,25,36H,2-16H2,1H3,(H,32,33,34)/t23-,25+. The maximum atomic E-state index is 11.9. The Morgan fingerprint density at radius 2 is 1.70 bits per heavy atom. The van der Waals surface area contributed by atoms with Crippen LogP contribution in [0, 0.1) is 0 Å². The van der Waals surface area contributed by atoms with Crippen LogP contribution in [0.2, 0.25) is 0 Å². The van der Waals surface area contributed by atoms with Crippen LogP contribution in [0.4, 0.5) is 17.5 Å². The van der Waals surface area contributed by atoms with Crippen molar-refractivity contribution < 1.29 is 17.9 Å². The van der Waals surface area contributed by atoms with Crippen LogP contribution in [0.3, 0.4) is 0 Å². The van der Waals surface area contributed by atoms with Crippen LogP contribution in [0.15, 0.2) is 30.7 Å². The summed E-state index contributed by atoms with van der Waals surface area (Å²) >= 11 is 0. The van der Waals surface area contributed by atoms with Crippen LogP contribution in [-0.4, -0.2) is 97.6 Å². The van der Waals surface area contributed by atoms with Gasteiger partial charge in [0.15, 0.2) is 0 Å². The number of hydrogen-bond acceptors (Lipinski definition) is 11. The maximum Gasteiger partial charge on any atom is 0.229 e. The molecule has 2 N–H and O–H groups in total. The second kappa shape index (κ2) is 13.6. The van der Waals surface area contributed by atoms with E-state index in [0.717, 1.165) is 114 Å². The molecule has 0 unspecified atom stereocenters. The number of anilines is 3. The van der Waals surface area contributed by atoms with Crippen molar-refractivity contribution in [3.8, 4) is 5.88 Å². The first kappa shape index (κ1) is 29.8. The van der Waals surface area contributed by atoms with Crippen LogP contribution in [-0.2, 0) is 21.2 Å². The van der Waals surface area contributed by atoms with Gasteiger partial charge in [0.1, 0.15) is 11.9 Å². The van der Waals surface area contributed by atoms with Gasteiger partial charge in [-0.25, -0.2) is 18.4 Å². The molecule has 12 nitrogen and oxygen atoms in total. The van der Waals surface area contributed by atoms with Crippen molar-refractivity contribution in [2.24, 2.45) is 0 Å². The van der Waals surface area contributed by atoms with Gasteiger partial charge in [-0.15, -0.1) is 0 Å². The van der Waals surface area contributed by atoms with E-state index in [9.17, 15) is 8.42 Å². The molecule has 232 valence electrons. The molecular formula is C30H42N8O4S. The first-order valence-electron chi connectivity index (χ1n) is 15.5. The maximum absolute atomic E-state index is 11.9. The van der Waals surface area contributed by atoms with E-state index in [4.69, 9.17) is 14.5 Å². The lowest BCUT2D eigenvalue weighted by Gasteiger charge is -2.31. The van der Waals surface area contributed by atoms with Crippen LogP contribution in [0.5, 0.6) is 5.88 Å². The van der Waals surface area contributed by atoms with E-state index in [1.54, 1.807) is 12.3 Å². The van der Waals surface area contributed by atoms with Gasteiger partial charge in [-0.1, -0.05) is 0 Å². The van der Waals surface area contributed by atoms with Crippen molar-refractivity contribution >= 4 is 38.4 Å². The number of rotatable bonds is 10. The van der Waals surface area contributed by atoms with E-state index in [0.29, 0.717) is 22.9 Å². The lowest BCUT2D eigenvalue weighted by atomic mass is 9.93. The van der Waals surface area contributed by atoms with Gasteiger partial charge in [0.2, 0.25) is 21.9 Å². The Bertz CT molecular complexity index is 1470. The highest BCUT2D eigenvalue weighted by Gasteiger charge is 2.25. The fourth-order valence-electron chi connectivity index (χ4n) is 6.06. The first-order chi connectivity index (χ1) is 20.9. The lowest BCUT2D eigenvalue weighted by Crippen LogP contribution is -2.37. The number of ether oxygens (including phenoxy) is 2. The summed E-state index contributed by atoms with van der Waals surface area (Å²) in [6, 6.07) is 4.02. The molecule has 3 aromatic rings. The molecule has 0 atom stereocenters. The Kier molecular flexibility index (Phi) is 9.39. The minimum atomic E-state index is -3.44. The summed E-state index contributed by atoms with van der Waals surface area (Å²) in [5.41, 5.74) is 2.28. The Morgan fingerprint density at radius 1 is 0.953 bits per heavy atom. The van der Waals surface area contributed by atoms with E-state index < -0.39 is 10.0 Å². The third-order valence-corrected chi connectivity index (χ3v) is 9.03. The molecule has 2 aliphatic heterocycles. The Labute approximate surface area is 253 Å². The molecule has 0 spiro atoms. The highest BCUT2D eigenvalue weighted by molar-refractivity contribution is 7.92. The summed E-state index contributed by atoms with van der Waals surface area (Å²) in [6.07, 6.45) is 14.5. The SMILES string of the molecule is CS(=O)(=O)Nc1cnc2cc(N3CCCCC3)nc(O[C@H]3CC[C@@H](Nc4ncc(CCN5CCOCC5)cn4)CC3)c2c1. The largest absolute Gasteiger partial charge is 0.474 e. The van der Waals surface area contributed by atoms with Gasteiger partial charge in [-0.05, 0) is 63.0 Å². The first-order valence-corrected chi connectivity index (χ1v) is 17.3. The van der Waals surface area contributed by atoms with Gasteiger partial charge in [0.05, 0.1) is 42.3 Å². The number of sulfonamides is 1. The van der Waals surface area contributed by atoms with E-state index in [-0.39, 0.29) is 12.1 Å². The minimum Gasteiger partial charge on any atom is -0.474 e. The van der Waals surface area contributed by atoms with Gasteiger partial charge in [0.25, 0.3) is 0 Å². The molecule has 0 aromatic carbocycles. The summed E-state index contributed by atoms with van der Waals surface area (Å²) in [4.78, 5) is 23.4. The molecule has 0 radical (unpaired) electrons. The monoisotopic (exact) mass is 610 g/mol. The summed E-state index contributed by atoms with van der Waals surface area (Å²) in [6.45, 7) is 6.51. The van der Waals surface area contributed by atoms with Crippen molar-refractivity contribution in [3.05, 3.63) is 36.3 Å². The second-order valence-corrected chi connectivity index (χ2v) is 13.6. The topological polar surface area (TPSA) is 135 Å². The lowest BCUT2D eigenvalue weighted by molar-refractivity contribution is 0.0384. The van der Waals surface area contributed by atoms with Crippen LogP contribution >= 0.6 is 0 Å². The molecule has 1 aliphatic carbocycles. The number of piperidine rings is 1. The van der Waals surface area contributed by atoms with E-state index in [2.05, 4.69) is 34.8 Å². The number of fused-ring (bicyclic) bond motifs is 1. The number of nitrogens with zero attached hydrogens (tertiary/aromatic N) is 6. The molecule has 0 amide bonds. The van der Waals surface area contributed by atoms with Gasteiger partial charge >= 0.3 is 0 Å². The number of morpholine rings is 1. The molecule has 0 bridgehead atoms. The van der Waals surface area contributed by atoms with Crippen LogP contribution in [0.25, 0.3) is 10.9 Å². The van der Waals surface area contributed by atoms with Crippen LogP contribution < -0.4 is 19.7 Å². The van der Waals surface area contributed by atoms with Crippen molar-refractivity contribution in [2.75, 3.05) is 67.1 Å². The van der Waals surface area contributed by atoms with Gasteiger partial charge in [0, 0.05) is 57.2 Å². The van der Waals surface area contributed by atoms with Crippen molar-refractivity contribution in [1.82, 2.24) is 24.8 Å². The average molecular weight is 611 g/mol. The molecule has 3 aromatic heterocycles. The van der Waals surface area contributed by atoms with E-state index in [1.807, 2.05) is 18.5 Å². The van der Waals surface area contributed by atoms with Gasteiger partial charge < -0.3 is 19.7 Å². The average Bonchev–Trinajstić information content (AvgIpc) is 3.02. The quantitative estimate of drug-likeness (QED) is 0.349. The summed E-state index contributed by atoms with van der Waals surface area (Å²) in [5, 5.41) is 4.21. The van der Waals surface area contributed by atoms with E-state index in [1.165, 1.54) is 6.42 Å². The predicted molar refractivity (Wildman–Crippen MR) is 167 cm³/mol. The molecule has 6 rings (SSSR count). The fraction of sp³-hybridized carbons (Fsp3) is 0.600. The second-order valence-electron chi connectivity index (χ2n) is 11.9. The zero-order valence-electron chi connectivity index (χ0n) is 24.9. The van der Waals surface area contributed by atoms with Crippen molar-refractivity contribution in [1.29, 1.82) is 0 Å². The van der Waals surface area contributed by atoms with Crippen molar-refractivity contribution in [2.45, 2.75) is 63.5 Å². The molecule has 43 heavy (non-hydrogen) atoms. The summed E-state index contributed by atoms with van der Waals surface area (Å²) in [7, 11) is -3.44. The van der Waals surface area contributed by atoms with E-state index >= 15 is 0 Å². The normalized spacial score (nSPS) is 21.9. The molecule has 3 aliphatic rings. The molecule has 13 heteroatoms. The smallest absolute Gasteiger partial charge is 0.229 e. The predicted octanol–water partition coefficient (Wildman–Crippen LogP) is 3.46. The fourth-order valence-corrected chi connectivity index (χ4v) is 6.60. The Hall–Kier alpha value is -3.29. The number of pyridine rings is 2. The summed E-state index contributed by atoms with van der Waals surface area (Å²) < 4.78 is 38.2. The number of nitrogens with one attached hydrogen (secondary N) is 2. The highest BCUT2D eigenvalue weighted by Crippen LogP contribution is 2.33.